The Balaban J connectivity index is 3.75. The van der Waals surface area contributed by atoms with Crippen LogP contribution in [0.5, 0.6) is 0 Å². The summed E-state index contributed by atoms with van der Waals surface area (Å²) >= 11 is 0. The Morgan fingerprint density at radius 2 is 2.00 bits per heavy atom. The van der Waals surface area contributed by atoms with E-state index in [9.17, 15) is 14.4 Å². The Bertz CT molecular complexity index is 242. The topological polar surface area (TPSA) is 125 Å². The van der Waals surface area contributed by atoms with Crippen molar-refractivity contribution < 1.29 is 19.6 Å². The van der Waals surface area contributed by atoms with Gasteiger partial charge in [0.1, 0.15) is 0 Å². The van der Waals surface area contributed by atoms with Gasteiger partial charge >= 0.3 is 12.1 Å². The standard InChI is InChI=1S/C6H12N4O4/c1-10(5(7)12)6(13)8-3-2-4(11)9-14/h14H,2-3H2,1H3,(H2,7,12)(H,8,13)(H,9,11). The number of urea groups is 2. The summed E-state index contributed by atoms with van der Waals surface area (Å²) in [5, 5.41) is 10.3. The summed E-state index contributed by atoms with van der Waals surface area (Å²) in [6, 6.07) is -1.60. The van der Waals surface area contributed by atoms with Crippen LogP contribution in [0.3, 0.4) is 0 Å². The van der Waals surface area contributed by atoms with Gasteiger partial charge in [-0.3, -0.25) is 10.0 Å². The van der Waals surface area contributed by atoms with Crippen LogP contribution in [0, 0.1) is 0 Å². The summed E-state index contributed by atoms with van der Waals surface area (Å²) in [4.78, 5) is 32.6. The first-order valence-electron chi connectivity index (χ1n) is 3.73. The molecule has 80 valence electrons. The molecule has 5 N–H and O–H groups in total. The lowest BCUT2D eigenvalue weighted by Gasteiger charge is -2.12. The van der Waals surface area contributed by atoms with Gasteiger partial charge in [0.05, 0.1) is 0 Å². The van der Waals surface area contributed by atoms with Crippen LogP contribution in [-0.4, -0.2) is 41.7 Å². The quantitative estimate of drug-likeness (QED) is 0.333. The van der Waals surface area contributed by atoms with Crippen molar-refractivity contribution in [2.75, 3.05) is 13.6 Å². The fourth-order valence-electron chi connectivity index (χ4n) is 0.558. The predicted octanol–water partition coefficient (Wildman–Crippen LogP) is -1.40. The third-order valence-electron chi connectivity index (χ3n) is 1.39. The highest BCUT2D eigenvalue weighted by Gasteiger charge is 2.12. The highest BCUT2D eigenvalue weighted by Crippen LogP contribution is 1.84. The van der Waals surface area contributed by atoms with E-state index in [0.717, 1.165) is 0 Å². The van der Waals surface area contributed by atoms with E-state index in [2.05, 4.69) is 5.32 Å². The maximum atomic E-state index is 11.0. The minimum atomic E-state index is -0.894. The molecular formula is C6H12N4O4. The van der Waals surface area contributed by atoms with E-state index >= 15 is 0 Å². The zero-order valence-corrected chi connectivity index (χ0v) is 7.61. The summed E-state index contributed by atoms with van der Waals surface area (Å²) in [6.45, 7) is 0.00282. The summed E-state index contributed by atoms with van der Waals surface area (Å²) < 4.78 is 0. The van der Waals surface area contributed by atoms with Gasteiger partial charge in [-0.05, 0) is 0 Å². The van der Waals surface area contributed by atoms with Crippen LogP contribution in [0.4, 0.5) is 9.59 Å². The lowest BCUT2D eigenvalue weighted by Crippen LogP contribution is -2.44. The molecule has 0 saturated carbocycles. The monoisotopic (exact) mass is 204 g/mol. The molecule has 0 aliphatic rings. The number of amides is 5. The minimum absolute atomic E-state index is 0.00282. The van der Waals surface area contributed by atoms with Gasteiger partial charge in [-0.15, -0.1) is 0 Å². The summed E-state index contributed by atoms with van der Waals surface area (Å²) in [7, 11) is 1.20. The number of rotatable bonds is 3. The van der Waals surface area contributed by atoms with E-state index in [1.165, 1.54) is 12.5 Å². The molecule has 0 unspecified atom stereocenters. The Morgan fingerprint density at radius 3 is 2.43 bits per heavy atom. The van der Waals surface area contributed by atoms with Crippen molar-refractivity contribution >= 4 is 18.0 Å². The van der Waals surface area contributed by atoms with Gasteiger partial charge in [-0.2, -0.15) is 0 Å². The zero-order valence-electron chi connectivity index (χ0n) is 7.61. The lowest BCUT2D eigenvalue weighted by molar-refractivity contribution is -0.129. The minimum Gasteiger partial charge on any atom is -0.351 e. The normalized spacial score (nSPS) is 9.00. The van der Waals surface area contributed by atoms with E-state index < -0.39 is 18.0 Å². The SMILES string of the molecule is CN(C(N)=O)C(=O)NCCC(=O)NO. The Hall–Kier alpha value is -1.83. The molecule has 0 bridgehead atoms. The van der Waals surface area contributed by atoms with Gasteiger partial charge in [0.15, 0.2) is 0 Å². The molecule has 8 nitrogen and oxygen atoms in total. The van der Waals surface area contributed by atoms with Gasteiger partial charge in [0, 0.05) is 20.0 Å². The molecule has 0 aliphatic carbocycles. The molecule has 0 aliphatic heterocycles. The third kappa shape index (κ3) is 4.26. The van der Waals surface area contributed by atoms with Crippen molar-refractivity contribution in [2.24, 2.45) is 5.73 Å². The Labute approximate surface area is 80.0 Å². The molecule has 0 radical (unpaired) electrons. The molecule has 14 heavy (non-hydrogen) atoms. The predicted molar refractivity (Wildman–Crippen MR) is 45.3 cm³/mol. The van der Waals surface area contributed by atoms with Crippen molar-refractivity contribution in [3.05, 3.63) is 0 Å². The smallest absolute Gasteiger partial charge is 0.325 e. The summed E-state index contributed by atoms with van der Waals surface area (Å²) in [5.74, 6) is -0.632. The van der Waals surface area contributed by atoms with Crippen LogP contribution in [-0.2, 0) is 4.79 Å². The molecule has 0 saturated heterocycles. The maximum Gasteiger partial charge on any atom is 0.325 e. The highest BCUT2D eigenvalue weighted by atomic mass is 16.5. The average Bonchev–Trinajstić information content (AvgIpc) is 2.15. The molecule has 0 aromatic carbocycles. The Kier molecular flexibility index (Phi) is 5.00. The van der Waals surface area contributed by atoms with Crippen LogP contribution < -0.4 is 16.5 Å². The van der Waals surface area contributed by atoms with Gasteiger partial charge in [0.2, 0.25) is 5.91 Å². The second kappa shape index (κ2) is 5.75. The second-order valence-corrected chi connectivity index (χ2v) is 2.41. The first-order valence-corrected chi connectivity index (χ1v) is 3.73. The van der Waals surface area contributed by atoms with Gasteiger partial charge in [0.25, 0.3) is 0 Å². The number of nitrogens with zero attached hydrogens (tertiary/aromatic N) is 1. The summed E-state index contributed by atoms with van der Waals surface area (Å²) in [5.41, 5.74) is 6.20. The molecule has 0 spiro atoms. The number of nitrogens with one attached hydrogen (secondary N) is 2. The van der Waals surface area contributed by atoms with E-state index in [0.29, 0.717) is 4.90 Å². The number of primary amides is 1. The van der Waals surface area contributed by atoms with Crippen LogP contribution in [0.1, 0.15) is 6.42 Å². The number of hydroxylamine groups is 1. The molecule has 0 aromatic heterocycles. The van der Waals surface area contributed by atoms with Crippen LogP contribution >= 0.6 is 0 Å². The number of imide groups is 1. The number of nitrogens with two attached hydrogens (primary N) is 1. The molecular weight excluding hydrogens is 192 g/mol. The van der Waals surface area contributed by atoms with E-state index in [4.69, 9.17) is 10.9 Å². The molecule has 8 heteroatoms. The molecule has 5 amide bonds. The lowest BCUT2D eigenvalue weighted by atomic mass is 10.4. The fourth-order valence-corrected chi connectivity index (χ4v) is 0.558. The Morgan fingerprint density at radius 1 is 1.43 bits per heavy atom. The largest absolute Gasteiger partial charge is 0.351 e. The molecule has 0 heterocycles. The molecule has 0 aromatic rings. The van der Waals surface area contributed by atoms with Crippen molar-refractivity contribution in [3.63, 3.8) is 0 Å². The summed E-state index contributed by atoms with van der Waals surface area (Å²) in [6.07, 6.45) is -0.0885. The average molecular weight is 204 g/mol. The first kappa shape index (κ1) is 12.2. The van der Waals surface area contributed by atoms with Crippen molar-refractivity contribution in [2.45, 2.75) is 6.42 Å². The molecule has 0 fully saturated rings. The van der Waals surface area contributed by atoms with Gasteiger partial charge in [-0.1, -0.05) is 0 Å². The number of hydrogen-bond donors (Lipinski definition) is 4. The third-order valence-corrected chi connectivity index (χ3v) is 1.39. The molecule has 0 rings (SSSR count). The van der Waals surface area contributed by atoms with E-state index in [1.807, 2.05) is 0 Å². The second-order valence-electron chi connectivity index (χ2n) is 2.41. The van der Waals surface area contributed by atoms with Crippen LogP contribution in [0.25, 0.3) is 0 Å². The highest BCUT2D eigenvalue weighted by molar-refractivity contribution is 5.92. The maximum absolute atomic E-state index is 11.0. The fraction of sp³-hybridized carbons (Fsp3) is 0.500. The first-order chi connectivity index (χ1) is 6.49. The van der Waals surface area contributed by atoms with E-state index in [1.54, 1.807) is 0 Å². The van der Waals surface area contributed by atoms with Crippen LogP contribution in [0.2, 0.25) is 0 Å². The van der Waals surface area contributed by atoms with Gasteiger partial charge < -0.3 is 11.1 Å². The van der Waals surface area contributed by atoms with Crippen molar-refractivity contribution in [1.29, 1.82) is 0 Å². The van der Waals surface area contributed by atoms with Gasteiger partial charge in [-0.25, -0.2) is 20.0 Å². The van der Waals surface area contributed by atoms with Crippen molar-refractivity contribution in [1.82, 2.24) is 15.7 Å². The molecule has 0 atom stereocenters. The number of hydrogen-bond acceptors (Lipinski definition) is 4. The number of carbonyl (C=O) groups is 3. The van der Waals surface area contributed by atoms with E-state index in [-0.39, 0.29) is 13.0 Å². The van der Waals surface area contributed by atoms with Crippen molar-refractivity contribution in [3.8, 4) is 0 Å². The van der Waals surface area contributed by atoms with Crippen LogP contribution in [0.15, 0.2) is 0 Å². The zero-order chi connectivity index (χ0) is 11.1. The number of carbonyl (C=O) groups excluding carboxylic acids is 3.